The predicted octanol–water partition coefficient (Wildman–Crippen LogP) is 3.60. The Bertz CT molecular complexity index is 456. The molecular weight excluding hydrogens is 224 g/mol. The van der Waals surface area contributed by atoms with Crippen LogP contribution in [-0.2, 0) is 21.6 Å². The smallest absolute Gasteiger partial charge is 0.163 e. The zero-order valence-corrected chi connectivity index (χ0v) is 11.3. The van der Waals surface area contributed by atoms with Crippen molar-refractivity contribution in [3.05, 3.63) is 47.7 Å². The van der Waals surface area contributed by atoms with E-state index in [-0.39, 0.29) is 5.78 Å². The highest BCUT2D eigenvalue weighted by atomic mass is 16.5. The summed E-state index contributed by atoms with van der Waals surface area (Å²) in [4.78, 5) is 11.5. The van der Waals surface area contributed by atoms with E-state index < -0.39 is 5.60 Å². The molecule has 2 rings (SSSR count). The third-order valence-electron chi connectivity index (χ3n) is 3.30. The molecular formula is C16H20O2. The number of hydrogen-bond donors (Lipinski definition) is 0. The molecule has 0 aromatic heterocycles. The van der Waals surface area contributed by atoms with Gasteiger partial charge >= 0.3 is 0 Å². The standard InChI is InChI=1S/C16H20O2/c1-12(2)10-13-4-6-14(7-5-13)16(3)11-15(17)8-9-18-16/h4-9,12H,10-11H2,1-3H3. The molecule has 1 aliphatic rings. The third-order valence-corrected chi connectivity index (χ3v) is 3.30. The summed E-state index contributed by atoms with van der Waals surface area (Å²) in [5.74, 6) is 0.775. The van der Waals surface area contributed by atoms with Crippen LogP contribution in [0.4, 0.5) is 0 Å². The quantitative estimate of drug-likeness (QED) is 0.812. The molecule has 18 heavy (non-hydrogen) atoms. The van der Waals surface area contributed by atoms with Crippen molar-refractivity contribution in [1.29, 1.82) is 0 Å². The Hall–Kier alpha value is -1.57. The first-order valence-corrected chi connectivity index (χ1v) is 6.46. The van der Waals surface area contributed by atoms with E-state index in [0.29, 0.717) is 12.3 Å². The Labute approximate surface area is 109 Å². The lowest BCUT2D eigenvalue weighted by molar-refractivity contribution is -0.122. The van der Waals surface area contributed by atoms with E-state index >= 15 is 0 Å². The molecule has 1 aliphatic heterocycles. The molecule has 1 heterocycles. The Morgan fingerprint density at radius 3 is 2.50 bits per heavy atom. The number of hydrogen-bond acceptors (Lipinski definition) is 2. The van der Waals surface area contributed by atoms with Gasteiger partial charge in [-0.3, -0.25) is 4.79 Å². The average molecular weight is 244 g/mol. The number of ether oxygens (including phenoxy) is 1. The highest BCUT2D eigenvalue weighted by Gasteiger charge is 2.32. The van der Waals surface area contributed by atoms with Crippen molar-refractivity contribution in [2.24, 2.45) is 5.92 Å². The van der Waals surface area contributed by atoms with E-state index in [1.807, 2.05) is 6.92 Å². The molecule has 0 aliphatic carbocycles. The van der Waals surface area contributed by atoms with E-state index in [9.17, 15) is 4.79 Å². The van der Waals surface area contributed by atoms with Crippen molar-refractivity contribution < 1.29 is 9.53 Å². The van der Waals surface area contributed by atoms with Crippen molar-refractivity contribution in [3.8, 4) is 0 Å². The minimum atomic E-state index is -0.512. The predicted molar refractivity (Wildman–Crippen MR) is 72.2 cm³/mol. The first-order chi connectivity index (χ1) is 8.49. The molecule has 2 nitrogen and oxygen atoms in total. The molecule has 96 valence electrons. The Balaban J connectivity index is 2.19. The zero-order valence-electron chi connectivity index (χ0n) is 11.3. The van der Waals surface area contributed by atoms with Gasteiger partial charge in [0, 0.05) is 6.08 Å². The molecule has 0 N–H and O–H groups in total. The van der Waals surface area contributed by atoms with Crippen molar-refractivity contribution >= 4 is 5.78 Å². The van der Waals surface area contributed by atoms with Gasteiger partial charge in [-0.15, -0.1) is 0 Å². The maximum atomic E-state index is 11.5. The van der Waals surface area contributed by atoms with Crippen LogP contribution in [-0.4, -0.2) is 5.78 Å². The van der Waals surface area contributed by atoms with Gasteiger partial charge in [-0.25, -0.2) is 0 Å². The summed E-state index contributed by atoms with van der Waals surface area (Å²) >= 11 is 0. The second-order valence-electron chi connectivity index (χ2n) is 5.59. The Kier molecular flexibility index (Phi) is 3.55. The highest BCUT2D eigenvalue weighted by Crippen LogP contribution is 2.32. The first kappa shape index (κ1) is 12.9. The fourth-order valence-electron chi connectivity index (χ4n) is 2.33. The van der Waals surface area contributed by atoms with Crippen LogP contribution in [0.3, 0.4) is 0 Å². The van der Waals surface area contributed by atoms with Crippen LogP contribution in [0.5, 0.6) is 0 Å². The molecule has 0 saturated heterocycles. The lowest BCUT2D eigenvalue weighted by Gasteiger charge is -2.31. The summed E-state index contributed by atoms with van der Waals surface area (Å²) in [6.45, 7) is 6.39. The lowest BCUT2D eigenvalue weighted by Crippen LogP contribution is -2.29. The number of rotatable bonds is 3. The largest absolute Gasteiger partial charge is 0.490 e. The molecule has 1 aromatic carbocycles. The van der Waals surface area contributed by atoms with Crippen LogP contribution in [0.15, 0.2) is 36.6 Å². The van der Waals surface area contributed by atoms with E-state index in [1.54, 1.807) is 0 Å². The van der Waals surface area contributed by atoms with E-state index in [0.717, 1.165) is 12.0 Å². The van der Waals surface area contributed by atoms with E-state index in [1.165, 1.54) is 17.9 Å². The molecule has 0 bridgehead atoms. The van der Waals surface area contributed by atoms with Gasteiger partial charge in [0.05, 0.1) is 12.7 Å². The van der Waals surface area contributed by atoms with Crippen LogP contribution in [0.1, 0.15) is 38.3 Å². The molecule has 0 spiro atoms. The van der Waals surface area contributed by atoms with Gasteiger partial charge in [0.2, 0.25) is 0 Å². The van der Waals surface area contributed by atoms with Crippen molar-refractivity contribution in [1.82, 2.24) is 0 Å². The van der Waals surface area contributed by atoms with Crippen LogP contribution in [0.2, 0.25) is 0 Å². The maximum absolute atomic E-state index is 11.5. The normalized spacial score (nSPS) is 23.2. The van der Waals surface area contributed by atoms with Gasteiger partial charge in [0.1, 0.15) is 5.60 Å². The summed E-state index contributed by atoms with van der Waals surface area (Å²) < 4.78 is 5.64. The first-order valence-electron chi connectivity index (χ1n) is 6.46. The summed E-state index contributed by atoms with van der Waals surface area (Å²) in [6, 6.07) is 8.41. The summed E-state index contributed by atoms with van der Waals surface area (Å²) in [7, 11) is 0. The fraction of sp³-hybridized carbons (Fsp3) is 0.438. The number of allylic oxidation sites excluding steroid dienone is 1. The molecule has 0 saturated carbocycles. The molecule has 0 fully saturated rings. The van der Waals surface area contributed by atoms with Gasteiger partial charge in [-0.2, -0.15) is 0 Å². The fourth-order valence-corrected chi connectivity index (χ4v) is 2.33. The topological polar surface area (TPSA) is 26.3 Å². The number of benzene rings is 1. The molecule has 1 aromatic rings. The van der Waals surface area contributed by atoms with Gasteiger partial charge in [-0.05, 0) is 30.4 Å². The summed E-state index contributed by atoms with van der Waals surface area (Å²) in [5, 5.41) is 0. The van der Waals surface area contributed by atoms with Crippen molar-refractivity contribution in [2.75, 3.05) is 0 Å². The molecule has 0 amide bonds. The number of carbonyl (C=O) groups excluding carboxylic acids is 1. The highest BCUT2D eigenvalue weighted by molar-refractivity contribution is 5.91. The SMILES string of the molecule is CC(C)Cc1ccc(C2(C)CC(=O)C=CO2)cc1. The summed E-state index contributed by atoms with van der Waals surface area (Å²) in [5.41, 5.74) is 1.88. The van der Waals surface area contributed by atoms with Gasteiger partial charge in [0.15, 0.2) is 5.78 Å². The second-order valence-corrected chi connectivity index (χ2v) is 5.59. The summed E-state index contributed by atoms with van der Waals surface area (Å²) in [6.07, 6.45) is 4.49. The molecule has 1 unspecified atom stereocenters. The molecule has 2 heteroatoms. The van der Waals surface area contributed by atoms with Crippen molar-refractivity contribution in [2.45, 2.75) is 39.2 Å². The van der Waals surface area contributed by atoms with E-state index in [2.05, 4.69) is 38.1 Å². The molecule has 0 radical (unpaired) electrons. The van der Waals surface area contributed by atoms with E-state index in [4.69, 9.17) is 4.74 Å². The van der Waals surface area contributed by atoms with Gasteiger partial charge < -0.3 is 4.74 Å². The van der Waals surface area contributed by atoms with Gasteiger partial charge in [0.25, 0.3) is 0 Å². The van der Waals surface area contributed by atoms with Gasteiger partial charge in [-0.1, -0.05) is 38.1 Å². The second kappa shape index (κ2) is 4.97. The van der Waals surface area contributed by atoms with Crippen LogP contribution in [0.25, 0.3) is 0 Å². The third kappa shape index (κ3) is 2.81. The monoisotopic (exact) mass is 244 g/mol. The Morgan fingerprint density at radius 2 is 1.94 bits per heavy atom. The van der Waals surface area contributed by atoms with Crippen LogP contribution < -0.4 is 0 Å². The Morgan fingerprint density at radius 1 is 1.28 bits per heavy atom. The van der Waals surface area contributed by atoms with Crippen molar-refractivity contribution in [3.63, 3.8) is 0 Å². The number of carbonyl (C=O) groups is 1. The minimum Gasteiger partial charge on any atom is -0.490 e. The minimum absolute atomic E-state index is 0.120. The maximum Gasteiger partial charge on any atom is 0.163 e. The zero-order chi connectivity index (χ0) is 13.2. The van der Waals surface area contributed by atoms with Crippen LogP contribution in [0, 0.1) is 5.92 Å². The average Bonchev–Trinajstić information content (AvgIpc) is 2.28. The van der Waals surface area contributed by atoms with Crippen LogP contribution >= 0.6 is 0 Å². The molecule has 1 atom stereocenters. The lowest BCUT2D eigenvalue weighted by atomic mass is 9.88. The number of ketones is 1.